The minimum Gasteiger partial charge on any atom is -0.289 e. The van der Waals surface area contributed by atoms with E-state index in [1.165, 1.54) is 23.6 Å². The van der Waals surface area contributed by atoms with Crippen molar-refractivity contribution < 1.29 is 33.6 Å². The Hall–Kier alpha value is -6.75. The van der Waals surface area contributed by atoms with Gasteiger partial charge in [0.05, 0.1) is 46.1 Å². The van der Waals surface area contributed by atoms with Crippen molar-refractivity contribution in [3.63, 3.8) is 0 Å². The fourth-order valence-corrected chi connectivity index (χ4v) is 9.87. The molecular weight excluding hydrogens is 709 g/mol. The molecule has 4 heterocycles. The van der Waals surface area contributed by atoms with E-state index in [0.29, 0.717) is 35.3 Å². The average Bonchev–Trinajstić information content (AvgIpc) is 3.87. The molecule has 56 heavy (non-hydrogen) atoms. The van der Waals surface area contributed by atoms with Crippen LogP contribution in [-0.4, -0.2) is 50.4 Å². The lowest BCUT2D eigenvalue weighted by Crippen LogP contribution is -2.31. The standard InChI is InChI=1S/C45H34N4O7/c1-23(50)46-37-9-5-3-7-29(37)31-19-33-35(21-39(31)46)44(55)48(42(33)53)27-15-11-25(12-16-27)41(52)26-13-17-28(18-14-26)49-43(54)34-20-32-30-8-4-6-10-38(30)47(24(2)51)40(32)22-36(34)45(49)56/h3-18,33-36H,19-22H2,1-2H3/t33-,34-,35+,36+/m0/s1. The van der Waals surface area contributed by atoms with E-state index in [2.05, 4.69) is 0 Å². The molecule has 0 radical (unpaired) electrons. The Kier molecular flexibility index (Phi) is 7.32. The molecule has 11 nitrogen and oxygen atoms in total. The van der Waals surface area contributed by atoms with Crippen LogP contribution in [0.3, 0.4) is 0 Å². The summed E-state index contributed by atoms with van der Waals surface area (Å²) in [6, 6.07) is 27.9. The number of nitrogens with zero attached hydrogens (tertiary/aromatic N) is 4. The second-order valence-corrected chi connectivity index (χ2v) is 15.3. The number of hydrogen-bond donors (Lipinski definition) is 0. The van der Waals surface area contributed by atoms with E-state index in [0.717, 1.165) is 44.3 Å². The lowest BCUT2D eigenvalue weighted by molar-refractivity contribution is -0.124. The van der Waals surface area contributed by atoms with Gasteiger partial charge in [-0.2, -0.15) is 0 Å². The van der Waals surface area contributed by atoms with Gasteiger partial charge in [-0.25, -0.2) is 0 Å². The number of ketones is 1. The molecule has 2 aromatic heterocycles. The summed E-state index contributed by atoms with van der Waals surface area (Å²) < 4.78 is 3.32. The van der Waals surface area contributed by atoms with Gasteiger partial charge in [-0.05, 0) is 84.6 Å². The average molecular weight is 743 g/mol. The van der Waals surface area contributed by atoms with Crippen molar-refractivity contribution in [1.29, 1.82) is 0 Å². The number of carbonyl (C=O) groups is 7. The van der Waals surface area contributed by atoms with Crippen molar-refractivity contribution in [3.8, 4) is 0 Å². The van der Waals surface area contributed by atoms with Gasteiger partial charge >= 0.3 is 0 Å². The highest BCUT2D eigenvalue weighted by atomic mass is 16.2. The topological polar surface area (TPSA) is 136 Å². The molecule has 0 unspecified atom stereocenters. The molecule has 4 aliphatic rings. The number of anilines is 2. The Morgan fingerprint density at radius 2 is 0.804 bits per heavy atom. The van der Waals surface area contributed by atoms with E-state index < -0.39 is 23.7 Å². The van der Waals surface area contributed by atoms with E-state index in [4.69, 9.17) is 0 Å². The van der Waals surface area contributed by atoms with Crippen LogP contribution in [0.4, 0.5) is 11.4 Å². The number of imide groups is 2. The molecule has 10 rings (SSSR count). The molecule has 0 N–H and O–H groups in total. The zero-order chi connectivity index (χ0) is 38.7. The van der Waals surface area contributed by atoms with E-state index >= 15 is 0 Å². The molecule has 4 amide bonds. The summed E-state index contributed by atoms with van der Waals surface area (Å²) in [7, 11) is 0. The molecule has 6 aromatic rings. The predicted octanol–water partition coefficient (Wildman–Crippen LogP) is 5.96. The van der Waals surface area contributed by atoms with Crippen LogP contribution in [0.2, 0.25) is 0 Å². The largest absolute Gasteiger partial charge is 0.289 e. The second kappa shape index (κ2) is 12.1. The Morgan fingerprint density at radius 1 is 0.464 bits per heavy atom. The lowest BCUT2D eigenvalue weighted by Gasteiger charge is -2.23. The smallest absolute Gasteiger partial charge is 0.238 e. The highest BCUT2D eigenvalue weighted by molar-refractivity contribution is 6.24. The molecule has 4 aromatic carbocycles. The third-order valence-corrected chi connectivity index (χ3v) is 12.4. The molecule has 11 heteroatoms. The number of aromatic nitrogens is 2. The molecular formula is C45H34N4O7. The predicted molar refractivity (Wildman–Crippen MR) is 207 cm³/mol. The summed E-state index contributed by atoms with van der Waals surface area (Å²) in [5.41, 5.74) is 6.38. The van der Waals surface area contributed by atoms with Gasteiger partial charge < -0.3 is 0 Å². The SMILES string of the molecule is CC(=O)n1c2c(c3ccccc31)C[C@@H]1C(=O)N(c3ccc(C(=O)c4ccc(N5C(=O)[C@H]6Cc7c(n(C(C)=O)c8ccccc78)C[C@H]6C5=O)cc4)cc3)C(=O)[C@@H]1C2. The fourth-order valence-electron chi connectivity index (χ4n) is 9.87. The number of benzene rings is 4. The maximum atomic E-state index is 13.8. The number of fused-ring (bicyclic) bond motifs is 8. The lowest BCUT2D eigenvalue weighted by atomic mass is 9.79. The summed E-state index contributed by atoms with van der Waals surface area (Å²) in [5.74, 6) is -4.15. The van der Waals surface area contributed by atoms with Crippen LogP contribution in [0.5, 0.6) is 0 Å². The summed E-state index contributed by atoms with van der Waals surface area (Å²) in [6.45, 7) is 3.00. The van der Waals surface area contributed by atoms with Crippen molar-refractivity contribution in [2.24, 2.45) is 23.7 Å². The van der Waals surface area contributed by atoms with Gasteiger partial charge in [0, 0.05) is 60.0 Å². The van der Waals surface area contributed by atoms with Gasteiger partial charge in [0.15, 0.2) is 5.78 Å². The molecule has 2 aliphatic heterocycles. The van der Waals surface area contributed by atoms with Crippen molar-refractivity contribution in [3.05, 3.63) is 131 Å². The number of hydrogen-bond acceptors (Lipinski definition) is 7. The van der Waals surface area contributed by atoms with Crippen LogP contribution in [-0.2, 0) is 44.9 Å². The Morgan fingerprint density at radius 3 is 1.16 bits per heavy atom. The van der Waals surface area contributed by atoms with Crippen LogP contribution in [0.15, 0.2) is 97.1 Å². The molecule has 4 atom stereocenters. The van der Waals surface area contributed by atoms with Gasteiger partial charge in [0.1, 0.15) is 0 Å². The quantitative estimate of drug-likeness (QED) is 0.161. The van der Waals surface area contributed by atoms with Gasteiger partial charge in [0.2, 0.25) is 35.4 Å². The van der Waals surface area contributed by atoms with E-state index in [9.17, 15) is 33.6 Å². The van der Waals surface area contributed by atoms with Gasteiger partial charge in [-0.3, -0.25) is 52.5 Å². The molecule has 2 aliphatic carbocycles. The summed E-state index contributed by atoms with van der Waals surface area (Å²) in [5, 5.41) is 1.83. The third kappa shape index (κ3) is 4.66. The fraction of sp³-hybridized carbons (Fsp3) is 0.222. The molecule has 0 spiro atoms. The van der Waals surface area contributed by atoms with Gasteiger partial charge in [-0.1, -0.05) is 36.4 Å². The molecule has 0 bridgehead atoms. The Bertz CT molecular complexity index is 2600. The number of carbonyl (C=O) groups excluding carboxylic acids is 7. The van der Waals surface area contributed by atoms with Crippen LogP contribution in [0, 0.1) is 23.7 Å². The van der Waals surface area contributed by atoms with Crippen molar-refractivity contribution in [2.75, 3.05) is 9.80 Å². The second-order valence-electron chi connectivity index (χ2n) is 15.3. The van der Waals surface area contributed by atoms with Gasteiger partial charge in [-0.15, -0.1) is 0 Å². The van der Waals surface area contributed by atoms with Crippen molar-refractivity contribution >= 4 is 74.4 Å². The number of para-hydroxylation sites is 2. The van der Waals surface area contributed by atoms with Crippen LogP contribution in [0.25, 0.3) is 21.8 Å². The molecule has 0 saturated carbocycles. The Labute approximate surface area is 320 Å². The van der Waals surface area contributed by atoms with E-state index in [1.807, 2.05) is 48.5 Å². The summed E-state index contributed by atoms with van der Waals surface area (Å²) in [4.78, 5) is 96.5. The number of amides is 4. The van der Waals surface area contributed by atoms with E-state index in [-0.39, 0.29) is 54.1 Å². The zero-order valence-electron chi connectivity index (χ0n) is 30.5. The van der Waals surface area contributed by atoms with Crippen LogP contribution in [0.1, 0.15) is 61.9 Å². The first-order chi connectivity index (χ1) is 27.0. The Balaban J connectivity index is 0.860. The minimum atomic E-state index is -0.598. The van der Waals surface area contributed by atoms with Crippen LogP contribution >= 0.6 is 0 Å². The first-order valence-electron chi connectivity index (χ1n) is 18.8. The maximum Gasteiger partial charge on any atom is 0.238 e. The zero-order valence-corrected chi connectivity index (χ0v) is 30.5. The van der Waals surface area contributed by atoms with Crippen LogP contribution < -0.4 is 9.80 Å². The maximum absolute atomic E-state index is 13.8. The summed E-state index contributed by atoms with van der Waals surface area (Å²) >= 11 is 0. The van der Waals surface area contributed by atoms with Gasteiger partial charge in [0.25, 0.3) is 0 Å². The first-order valence-corrected chi connectivity index (χ1v) is 18.8. The van der Waals surface area contributed by atoms with Crippen molar-refractivity contribution in [1.82, 2.24) is 9.13 Å². The minimum absolute atomic E-state index is 0.143. The molecule has 2 fully saturated rings. The molecule has 276 valence electrons. The molecule has 2 saturated heterocycles. The van der Waals surface area contributed by atoms with Crippen molar-refractivity contribution in [2.45, 2.75) is 39.5 Å². The van der Waals surface area contributed by atoms with E-state index in [1.54, 1.807) is 57.7 Å². The highest BCUT2D eigenvalue weighted by Gasteiger charge is 2.53. The number of rotatable bonds is 4. The monoisotopic (exact) mass is 742 g/mol. The third-order valence-electron chi connectivity index (χ3n) is 12.4. The normalized spacial score (nSPS) is 21.4. The highest BCUT2D eigenvalue weighted by Crippen LogP contribution is 2.45. The summed E-state index contributed by atoms with van der Waals surface area (Å²) in [6.07, 6.45) is 1.28. The first kappa shape index (κ1) is 33.8.